The van der Waals surface area contributed by atoms with Crippen molar-refractivity contribution in [2.75, 3.05) is 16.7 Å². The number of Topliss-reactive ketones (excluding diaryl/α,β-unsaturated/α-hetero) is 1. The number of sulfonamides is 1. The molecule has 1 atom stereocenters. The number of ketones is 1. The van der Waals surface area contributed by atoms with Gasteiger partial charge in [-0.25, -0.2) is 8.42 Å². The third kappa shape index (κ3) is 2.76. The lowest BCUT2D eigenvalue weighted by molar-refractivity contribution is 0.101. The van der Waals surface area contributed by atoms with E-state index in [2.05, 4.69) is 5.32 Å². The molecule has 2 heterocycles. The second kappa shape index (κ2) is 5.86. The Morgan fingerprint density at radius 1 is 1.30 bits per heavy atom. The topological polar surface area (TPSA) is 66.5 Å². The summed E-state index contributed by atoms with van der Waals surface area (Å²) in [5, 5.41) is 3.63. The van der Waals surface area contributed by atoms with Gasteiger partial charge in [-0.1, -0.05) is 23.8 Å². The zero-order chi connectivity index (χ0) is 16.8. The van der Waals surface area contributed by atoms with Crippen LogP contribution in [-0.4, -0.2) is 31.5 Å². The van der Waals surface area contributed by atoms with Crippen LogP contribution in [0.15, 0.2) is 35.7 Å². The van der Waals surface area contributed by atoms with E-state index in [1.165, 1.54) is 18.4 Å². The molecule has 0 bridgehead atoms. The Balaban J connectivity index is 1.96. The maximum atomic E-state index is 12.6. The summed E-state index contributed by atoms with van der Waals surface area (Å²) in [5.41, 5.74) is 0.965. The summed E-state index contributed by atoms with van der Waals surface area (Å²) >= 11 is 12.2. The number of halogens is 1. The van der Waals surface area contributed by atoms with Gasteiger partial charge in [0.2, 0.25) is 5.78 Å². The molecule has 2 aromatic rings. The average molecular weight is 387 g/mol. The van der Waals surface area contributed by atoms with Crippen molar-refractivity contribution in [2.45, 2.75) is 5.25 Å². The van der Waals surface area contributed by atoms with Crippen LogP contribution in [0.1, 0.15) is 9.67 Å². The van der Waals surface area contributed by atoms with Crippen molar-refractivity contribution in [2.24, 2.45) is 0 Å². The molecule has 120 valence electrons. The highest BCUT2D eigenvalue weighted by molar-refractivity contribution is 7.97. The van der Waals surface area contributed by atoms with Crippen molar-refractivity contribution in [1.82, 2.24) is 0 Å². The first-order valence-corrected chi connectivity index (χ1v) is 9.65. The first-order valence-electron chi connectivity index (χ1n) is 6.48. The lowest BCUT2D eigenvalue weighted by Gasteiger charge is -2.30. The number of hydrogen-bond donors (Lipinski definition) is 1. The summed E-state index contributed by atoms with van der Waals surface area (Å²) in [7, 11) is -2.48. The Morgan fingerprint density at radius 3 is 2.61 bits per heavy atom. The second-order valence-electron chi connectivity index (χ2n) is 4.89. The Hall–Kier alpha value is -1.48. The molecule has 1 aromatic heterocycles. The van der Waals surface area contributed by atoms with E-state index in [9.17, 15) is 13.2 Å². The summed E-state index contributed by atoms with van der Waals surface area (Å²) < 4.78 is 26.4. The van der Waals surface area contributed by atoms with Gasteiger partial charge in [0.05, 0.1) is 10.6 Å². The van der Waals surface area contributed by atoms with Crippen LogP contribution in [0.2, 0.25) is 5.02 Å². The van der Waals surface area contributed by atoms with Crippen LogP contribution in [-0.2, 0) is 10.0 Å². The van der Waals surface area contributed by atoms with Gasteiger partial charge in [-0.3, -0.25) is 9.10 Å². The molecule has 23 heavy (non-hydrogen) atoms. The molecule has 1 N–H and O–H groups in total. The van der Waals surface area contributed by atoms with E-state index in [1.807, 2.05) is 0 Å². The molecule has 0 saturated heterocycles. The highest BCUT2D eigenvalue weighted by Gasteiger charge is 2.46. The highest BCUT2D eigenvalue weighted by atomic mass is 35.5. The summed E-state index contributed by atoms with van der Waals surface area (Å²) in [4.78, 5) is 12.9. The van der Waals surface area contributed by atoms with Gasteiger partial charge in [0.25, 0.3) is 10.0 Å². The molecule has 0 aliphatic carbocycles. The number of rotatable bonds is 2. The van der Waals surface area contributed by atoms with Gasteiger partial charge in [-0.15, -0.1) is 11.3 Å². The van der Waals surface area contributed by atoms with E-state index in [-0.39, 0.29) is 4.99 Å². The molecule has 3 rings (SSSR count). The molecule has 1 unspecified atom stereocenters. The molecular weight excluding hydrogens is 376 g/mol. The van der Waals surface area contributed by atoms with E-state index < -0.39 is 21.1 Å². The van der Waals surface area contributed by atoms with Crippen molar-refractivity contribution in [3.8, 4) is 0 Å². The molecule has 5 nitrogen and oxygen atoms in total. The van der Waals surface area contributed by atoms with Crippen molar-refractivity contribution < 1.29 is 13.2 Å². The van der Waals surface area contributed by atoms with Gasteiger partial charge >= 0.3 is 0 Å². The van der Waals surface area contributed by atoms with Crippen LogP contribution < -0.4 is 9.62 Å². The molecule has 0 saturated carbocycles. The van der Waals surface area contributed by atoms with Crippen LogP contribution in [0.5, 0.6) is 0 Å². The molecule has 0 fully saturated rings. The third-order valence-electron chi connectivity index (χ3n) is 3.48. The van der Waals surface area contributed by atoms with Crippen LogP contribution >= 0.6 is 35.2 Å². The number of nitrogens with one attached hydrogen (secondary N) is 1. The lowest BCUT2D eigenvalue weighted by atomic mass is 10.2. The quantitative estimate of drug-likeness (QED) is 0.803. The fourth-order valence-electron chi connectivity index (χ4n) is 2.28. The summed E-state index contributed by atoms with van der Waals surface area (Å²) in [6.45, 7) is 0. The number of thiophene rings is 1. The minimum Gasteiger partial charge on any atom is -0.348 e. The lowest BCUT2D eigenvalue weighted by Crippen LogP contribution is -2.50. The van der Waals surface area contributed by atoms with Gasteiger partial charge in [-0.05, 0) is 35.7 Å². The Kier molecular flexibility index (Phi) is 4.18. The molecular formula is C14H11ClN2O3S3. The largest absolute Gasteiger partial charge is 0.348 e. The predicted molar refractivity (Wildman–Crippen MR) is 97.4 cm³/mol. The normalized spacial score (nSPS) is 19.3. The number of hydrogen-bond acceptors (Lipinski definition) is 5. The summed E-state index contributed by atoms with van der Waals surface area (Å²) in [6.07, 6.45) is 0. The first kappa shape index (κ1) is 16.4. The number of anilines is 2. The standard InChI is InChI=1S/C14H11ClN2O3S3/c1-17-10-6-7-22-12(10)11(18)13(23(17,19)20)14(21)16-9-4-2-8(15)3-5-9/h2-7,13H,1H3,(H,16,21). The summed E-state index contributed by atoms with van der Waals surface area (Å²) in [5.74, 6) is -0.500. The van der Waals surface area contributed by atoms with Gasteiger partial charge in [-0.2, -0.15) is 0 Å². The molecule has 1 aliphatic rings. The maximum absolute atomic E-state index is 12.6. The first-order chi connectivity index (χ1) is 10.8. The van der Waals surface area contributed by atoms with Crippen LogP contribution in [0.25, 0.3) is 0 Å². The number of nitrogens with zero attached hydrogens (tertiary/aromatic N) is 1. The second-order valence-corrected chi connectivity index (χ2v) is 8.73. The van der Waals surface area contributed by atoms with Gasteiger partial charge in [0.1, 0.15) is 4.99 Å². The molecule has 9 heteroatoms. The van der Waals surface area contributed by atoms with Crippen molar-refractivity contribution in [3.63, 3.8) is 0 Å². The zero-order valence-corrected chi connectivity index (χ0v) is 15.0. The van der Waals surface area contributed by atoms with Crippen LogP contribution in [0, 0.1) is 0 Å². The summed E-state index contributed by atoms with van der Waals surface area (Å²) in [6, 6.07) is 8.23. The van der Waals surface area contributed by atoms with Crippen LogP contribution in [0.3, 0.4) is 0 Å². The maximum Gasteiger partial charge on any atom is 0.252 e. The van der Waals surface area contributed by atoms with E-state index >= 15 is 0 Å². The van der Waals surface area contributed by atoms with Gasteiger partial charge in [0.15, 0.2) is 5.25 Å². The third-order valence-corrected chi connectivity index (χ3v) is 7.14. The minimum absolute atomic E-state index is 0.0526. The number of thiocarbonyl (C=S) groups is 1. The monoisotopic (exact) mass is 386 g/mol. The minimum atomic E-state index is -3.90. The Bertz CT molecular complexity index is 890. The van der Waals surface area contributed by atoms with Crippen molar-refractivity contribution in [3.05, 3.63) is 45.6 Å². The smallest absolute Gasteiger partial charge is 0.252 e. The fraction of sp³-hybridized carbons (Fsp3) is 0.143. The van der Waals surface area contributed by atoms with E-state index in [4.69, 9.17) is 23.8 Å². The van der Waals surface area contributed by atoms with E-state index in [1.54, 1.807) is 35.7 Å². The molecule has 0 spiro atoms. The van der Waals surface area contributed by atoms with Crippen LogP contribution in [0.4, 0.5) is 11.4 Å². The van der Waals surface area contributed by atoms with Crippen molar-refractivity contribution >= 4 is 67.3 Å². The fourth-order valence-corrected chi connectivity index (χ4v) is 5.48. The molecule has 0 amide bonds. The molecule has 1 aromatic carbocycles. The number of carbonyl (C=O) groups excluding carboxylic acids is 1. The SMILES string of the molecule is CN1c2ccsc2C(=O)C(C(=S)Nc2ccc(Cl)cc2)S1(=O)=O. The Morgan fingerprint density at radius 2 is 1.96 bits per heavy atom. The zero-order valence-electron chi connectivity index (χ0n) is 11.8. The average Bonchev–Trinajstić information content (AvgIpc) is 2.97. The Labute approximate surface area is 147 Å². The van der Waals surface area contributed by atoms with E-state index in [0.717, 1.165) is 4.31 Å². The number of carbonyl (C=O) groups is 1. The van der Waals surface area contributed by atoms with Gasteiger partial charge in [0, 0.05) is 17.8 Å². The van der Waals surface area contributed by atoms with E-state index in [0.29, 0.717) is 21.3 Å². The number of fused-ring (bicyclic) bond motifs is 1. The number of benzene rings is 1. The molecule has 0 radical (unpaired) electrons. The van der Waals surface area contributed by atoms with Crippen molar-refractivity contribution in [1.29, 1.82) is 0 Å². The molecule has 1 aliphatic heterocycles. The van der Waals surface area contributed by atoms with Gasteiger partial charge < -0.3 is 5.32 Å². The highest BCUT2D eigenvalue weighted by Crippen LogP contribution is 2.36. The predicted octanol–water partition coefficient (Wildman–Crippen LogP) is 3.17.